The van der Waals surface area contributed by atoms with Crippen LogP contribution in [0.5, 0.6) is 0 Å². The number of rotatable bonds is 6. The maximum absolute atomic E-state index is 12.5. The van der Waals surface area contributed by atoms with Gasteiger partial charge in [0, 0.05) is 19.7 Å². The highest BCUT2D eigenvalue weighted by Crippen LogP contribution is 2.25. The second-order valence-electron chi connectivity index (χ2n) is 5.74. The van der Waals surface area contributed by atoms with E-state index < -0.39 is 15.6 Å². The highest BCUT2D eigenvalue weighted by Gasteiger charge is 2.33. The van der Waals surface area contributed by atoms with Crippen LogP contribution in [-0.2, 0) is 21.3 Å². The highest BCUT2D eigenvalue weighted by molar-refractivity contribution is 7.89. The molecule has 7 nitrogen and oxygen atoms in total. The average molecular weight is 316 g/mol. The van der Waals surface area contributed by atoms with Crippen molar-refractivity contribution >= 4 is 10.0 Å². The molecule has 1 aliphatic rings. The van der Waals surface area contributed by atoms with E-state index in [0.29, 0.717) is 31.1 Å². The number of nitrogens with zero attached hydrogens (tertiary/aromatic N) is 2. The predicted octanol–water partition coefficient (Wildman–Crippen LogP) is 0.306. The topological polar surface area (TPSA) is 99.2 Å². The highest BCUT2D eigenvalue weighted by atomic mass is 32.2. The Hall–Kier alpha value is -0.960. The zero-order chi connectivity index (χ0) is 15.7. The molecule has 0 aliphatic carbocycles. The monoisotopic (exact) mass is 316 g/mol. The van der Waals surface area contributed by atoms with Gasteiger partial charge in [0.1, 0.15) is 4.90 Å². The standard InChI is InChI=1S/C13H24N4O3S/c1-10-12(11(2)17(16-10)7-6-14)21(18,19)15-9-13(3)5-4-8-20-13/h15H,4-9,14H2,1-3H3. The Morgan fingerprint density at radius 1 is 1.48 bits per heavy atom. The van der Waals surface area contributed by atoms with Crippen LogP contribution in [0, 0.1) is 13.8 Å². The van der Waals surface area contributed by atoms with Crippen LogP contribution in [-0.4, -0.2) is 43.5 Å². The molecule has 3 N–H and O–H groups in total. The van der Waals surface area contributed by atoms with Crippen LogP contribution in [0.4, 0.5) is 0 Å². The van der Waals surface area contributed by atoms with Crippen molar-refractivity contribution in [3.05, 3.63) is 11.4 Å². The molecule has 0 amide bonds. The maximum atomic E-state index is 12.5. The first kappa shape index (κ1) is 16.4. The zero-order valence-corrected chi connectivity index (χ0v) is 13.7. The van der Waals surface area contributed by atoms with Gasteiger partial charge < -0.3 is 10.5 Å². The third kappa shape index (κ3) is 3.45. The molecule has 2 heterocycles. The minimum Gasteiger partial charge on any atom is -0.374 e. The first-order valence-corrected chi connectivity index (χ1v) is 8.65. The lowest BCUT2D eigenvalue weighted by atomic mass is 10.0. The van der Waals surface area contributed by atoms with E-state index >= 15 is 0 Å². The van der Waals surface area contributed by atoms with E-state index in [1.54, 1.807) is 18.5 Å². The predicted molar refractivity (Wildman–Crippen MR) is 79.5 cm³/mol. The number of hydrogen-bond acceptors (Lipinski definition) is 5. The summed E-state index contributed by atoms with van der Waals surface area (Å²) in [5.74, 6) is 0. The van der Waals surface area contributed by atoms with Crippen LogP contribution in [0.25, 0.3) is 0 Å². The minimum absolute atomic E-state index is 0.248. The number of nitrogens with two attached hydrogens (primary N) is 1. The normalized spacial score (nSPS) is 22.9. The van der Waals surface area contributed by atoms with Gasteiger partial charge in [-0.1, -0.05) is 0 Å². The van der Waals surface area contributed by atoms with Crippen molar-refractivity contribution in [3.63, 3.8) is 0 Å². The maximum Gasteiger partial charge on any atom is 0.244 e. The summed E-state index contributed by atoms with van der Waals surface area (Å²) < 4.78 is 35.0. The van der Waals surface area contributed by atoms with E-state index in [1.165, 1.54) is 0 Å². The Balaban J connectivity index is 2.19. The van der Waals surface area contributed by atoms with Crippen LogP contribution in [0.2, 0.25) is 0 Å². The molecule has 0 saturated carbocycles. The molecule has 21 heavy (non-hydrogen) atoms. The third-order valence-corrected chi connectivity index (χ3v) is 5.51. The summed E-state index contributed by atoms with van der Waals surface area (Å²) in [5, 5.41) is 4.25. The quantitative estimate of drug-likeness (QED) is 0.786. The van der Waals surface area contributed by atoms with Gasteiger partial charge in [0.2, 0.25) is 10.0 Å². The van der Waals surface area contributed by atoms with Gasteiger partial charge in [-0.15, -0.1) is 0 Å². The Bertz CT molecular complexity index is 603. The van der Waals surface area contributed by atoms with Crippen molar-refractivity contribution in [3.8, 4) is 0 Å². The Morgan fingerprint density at radius 3 is 2.76 bits per heavy atom. The van der Waals surface area contributed by atoms with Crippen molar-refractivity contribution in [1.29, 1.82) is 0 Å². The first-order valence-electron chi connectivity index (χ1n) is 7.17. The molecule has 0 spiro atoms. The van der Waals surface area contributed by atoms with Crippen molar-refractivity contribution < 1.29 is 13.2 Å². The van der Waals surface area contributed by atoms with Crippen molar-refractivity contribution in [2.75, 3.05) is 19.7 Å². The lowest BCUT2D eigenvalue weighted by Gasteiger charge is -2.23. The van der Waals surface area contributed by atoms with E-state index in [2.05, 4.69) is 9.82 Å². The third-order valence-electron chi connectivity index (χ3n) is 3.86. The summed E-state index contributed by atoms with van der Waals surface area (Å²) in [6, 6.07) is 0. The molecule has 1 saturated heterocycles. The molecular weight excluding hydrogens is 292 g/mol. The zero-order valence-electron chi connectivity index (χ0n) is 12.8. The summed E-state index contributed by atoms with van der Waals surface area (Å²) in [4.78, 5) is 0.248. The fourth-order valence-corrected chi connectivity index (χ4v) is 4.27. The van der Waals surface area contributed by atoms with E-state index in [-0.39, 0.29) is 11.4 Å². The van der Waals surface area contributed by atoms with Gasteiger partial charge >= 0.3 is 0 Å². The summed E-state index contributed by atoms with van der Waals surface area (Å²) in [7, 11) is -3.60. The van der Waals surface area contributed by atoms with Gasteiger partial charge in [-0.3, -0.25) is 4.68 Å². The van der Waals surface area contributed by atoms with E-state index in [4.69, 9.17) is 10.5 Å². The van der Waals surface area contributed by atoms with Crippen LogP contribution < -0.4 is 10.5 Å². The number of sulfonamides is 1. The number of aryl methyl sites for hydroxylation is 1. The Kier molecular flexibility index (Phi) is 4.72. The number of hydrogen-bond donors (Lipinski definition) is 2. The van der Waals surface area contributed by atoms with E-state index in [9.17, 15) is 8.42 Å². The van der Waals surface area contributed by atoms with Gasteiger partial charge in [0.25, 0.3) is 0 Å². The fourth-order valence-electron chi connectivity index (χ4n) is 2.71. The summed E-state index contributed by atoms with van der Waals surface area (Å²) >= 11 is 0. The largest absolute Gasteiger partial charge is 0.374 e. The Morgan fingerprint density at radius 2 is 2.19 bits per heavy atom. The van der Waals surface area contributed by atoms with Crippen LogP contribution in [0.15, 0.2) is 4.90 Å². The van der Waals surface area contributed by atoms with Crippen molar-refractivity contribution in [2.45, 2.75) is 50.7 Å². The molecule has 120 valence electrons. The van der Waals surface area contributed by atoms with Crippen molar-refractivity contribution in [2.24, 2.45) is 5.73 Å². The van der Waals surface area contributed by atoms with Crippen LogP contribution in [0.3, 0.4) is 0 Å². The average Bonchev–Trinajstić information content (AvgIpc) is 2.94. The molecule has 1 unspecified atom stereocenters. The number of ether oxygens (including phenoxy) is 1. The van der Waals surface area contributed by atoms with Gasteiger partial charge in [-0.25, -0.2) is 13.1 Å². The van der Waals surface area contributed by atoms with Gasteiger partial charge in [0.15, 0.2) is 0 Å². The SMILES string of the molecule is Cc1nn(CCN)c(C)c1S(=O)(=O)NCC1(C)CCCO1. The Labute approximate surface area is 125 Å². The molecule has 1 atom stereocenters. The van der Waals surface area contributed by atoms with Crippen molar-refractivity contribution in [1.82, 2.24) is 14.5 Å². The lowest BCUT2D eigenvalue weighted by Crippen LogP contribution is -2.40. The summed E-state index contributed by atoms with van der Waals surface area (Å²) in [5.41, 5.74) is 6.21. The van der Waals surface area contributed by atoms with E-state index in [0.717, 1.165) is 12.8 Å². The second-order valence-corrected chi connectivity index (χ2v) is 7.44. The fraction of sp³-hybridized carbons (Fsp3) is 0.769. The van der Waals surface area contributed by atoms with Crippen LogP contribution >= 0.6 is 0 Å². The lowest BCUT2D eigenvalue weighted by molar-refractivity contribution is 0.0250. The minimum atomic E-state index is -3.60. The van der Waals surface area contributed by atoms with E-state index in [1.807, 2.05) is 6.92 Å². The molecule has 0 radical (unpaired) electrons. The number of nitrogens with one attached hydrogen (secondary N) is 1. The molecule has 1 fully saturated rings. The van der Waals surface area contributed by atoms with Crippen LogP contribution in [0.1, 0.15) is 31.2 Å². The van der Waals surface area contributed by atoms with Gasteiger partial charge in [-0.05, 0) is 33.6 Å². The molecule has 0 bridgehead atoms. The summed E-state index contributed by atoms with van der Waals surface area (Å²) in [6.45, 7) is 7.26. The molecular formula is C13H24N4O3S. The smallest absolute Gasteiger partial charge is 0.244 e. The first-order chi connectivity index (χ1) is 9.79. The molecule has 1 aliphatic heterocycles. The van der Waals surface area contributed by atoms with Gasteiger partial charge in [-0.2, -0.15) is 5.10 Å². The molecule has 2 rings (SSSR count). The molecule has 0 aromatic carbocycles. The molecule has 1 aromatic heterocycles. The number of aromatic nitrogens is 2. The van der Waals surface area contributed by atoms with Gasteiger partial charge in [0.05, 0.1) is 23.5 Å². The molecule has 1 aromatic rings. The summed E-state index contributed by atoms with van der Waals surface area (Å²) in [6.07, 6.45) is 1.82. The molecule has 8 heteroatoms. The second kappa shape index (κ2) is 6.04.